The second-order valence-corrected chi connectivity index (χ2v) is 4.91. The number of thiazole rings is 1. The minimum absolute atomic E-state index is 0.663. The number of ether oxygens (including phenoxy) is 1. The third kappa shape index (κ3) is 3.51. The molecule has 0 aliphatic rings. The highest BCUT2D eigenvalue weighted by Crippen LogP contribution is 2.14. The maximum Gasteiger partial charge on any atom is 0.137 e. The first kappa shape index (κ1) is 13.0. The van der Waals surface area contributed by atoms with Crippen LogP contribution in [-0.2, 0) is 13.0 Å². The lowest BCUT2D eigenvalue weighted by molar-refractivity contribution is 0.321. The van der Waals surface area contributed by atoms with Gasteiger partial charge in [-0.2, -0.15) is 0 Å². The number of pyridine rings is 1. The van der Waals surface area contributed by atoms with Crippen molar-refractivity contribution in [2.75, 3.05) is 13.7 Å². The van der Waals surface area contributed by atoms with E-state index in [4.69, 9.17) is 4.74 Å². The summed E-state index contributed by atoms with van der Waals surface area (Å²) in [4.78, 5) is 9.81. The van der Waals surface area contributed by atoms with Crippen LogP contribution in [0.25, 0.3) is 0 Å². The van der Waals surface area contributed by atoms with Crippen molar-refractivity contribution in [2.24, 2.45) is 0 Å². The second kappa shape index (κ2) is 6.47. The molecule has 5 heteroatoms. The molecule has 2 heterocycles. The molecule has 4 nitrogen and oxygen atoms in total. The van der Waals surface area contributed by atoms with Crippen molar-refractivity contribution in [1.29, 1.82) is 0 Å². The quantitative estimate of drug-likeness (QED) is 0.868. The smallest absolute Gasteiger partial charge is 0.137 e. The van der Waals surface area contributed by atoms with Gasteiger partial charge in [-0.05, 0) is 26.1 Å². The summed E-state index contributed by atoms with van der Waals surface area (Å²) >= 11 is 1.68. The fraction of sp³-hybridized carbons (Fsp3) is 0.385. The van der Waals surface area contributed by atoms with Crippen molar-refractivity contribution < 1.29 is 4.74 Å². The molecule has 0 aliphatic carbocycles. The molecule has 0 atom stereocenters. The normalized spacial score (nSPS) is 10.6. The number of rotatable bonds is 6. The van der Waals surface area contributed by atoms with E-state index in [9.17, 15) is 0 Å². The third-order valence-electron chi connectivity index (χ3n) is 2.60. The Morgan fingerprint density at radius 3 is 2.83 bits per heavy atom. The molecule has 0 saturated heterocycles. The van der Waals surface area contributed by atoms with Crippen LogP contribution in [0, 0.1) is 6.92 Å². The van der Waals surface area contributed by atoms with Gasteiger partial charge in [0.2, 0.25) is 0 Å². The van der Waals surface area contributed by atoms with Crippen LogP contribution < -0.4 is 10.1 Å². The summed E-state index contributed by atoms with van der Waals surface area (Å²) in [7, 11) is 1.91. The summed E-state index contributed by atoms with van der Waals surface area (Å²) in [6.07, 6.45) is 2.67. The van der Waals surface area contributed by atoms with Crippen molar-refractivity contribution in [1.82, 2.24) is 15.3 Å². The molecule has 0 unspecified atom stereocenters. The molecule has 0 aromatic carbocycles. The Bertz CT molecular complexity index is 481. The highest BCUT2D eigenvalue weighted by atomic mass is 32.1. The Morgan fingerprint density at radius 1 is 1.33 bits per heavy atom. The molecule has 0 amide bonds. The largest absolute Gasteiger partial charge is 0.492 e. The van der Waals surface area contributed by atoms with Gasteiger partial charge in [-0.15, -0.1) is 11.3 Å². The van der Waals surface area contributed by atoms with E-state index in [0.717, 1.165) is 30.1 Å². The predicted molar refractivity (Wildman–Crippen MR) is 73.1 cm³/mol. The SMILES string of the molecule is CNCc1ccc(OCCc2scnc2C)cn1. The number of nitrogens with one attached hydrogen (secondary N) is 1. The number of aromatic nitrogens is 2. The predicted octanol–water partition coefficient (Wildman–Crippen LogP) is 2.19. The van der Waals surface area contributed by atoms with Gasteiger partial charge >= 0.3 is 0 Å². The Hall–Kier alpha value is -1.46. The van der Waals surface area contributed by atoms with Gasteiger partial charge in [0.15, 0.2) is 0 Å². The fourth-order valence-electron chi connectivity index (χ4n) is 1.61. The molecule has 2 aromatic rings. The van der Waals surface area contributed by atoms with Gasteiger partial charge in [-0.25, -0.2) is 4.98 Å². The molecule has 2 aromatic heterocycles. The van der Waals surface area contributed by atoms with E-state index < -0.39 is 0 Å². The van der Waals surface area contributed by atoms with E-state index in [1.807, 2.05) is 31.6 Å². The van der Waals surface area contributed by atoms with Crippen LogP contribution in [0.15, 0.2) is 23.8 Å². The first-order valence-electron chi connectivity index (χ1n) is 5.91. The molecule has 0 saturated carbocycles. The summed E-state index contributed by atoms with van der Waals surface area (Å²) in [5.41, 5.74) is 3.99. The third-order valence-corrected chi connectivity index (χ3v) is 3.59. The first-order chi connectivity index (χ1) is 8.79. The van der Waals surface area contributed by atoms with Gasteiger partial charge in [0.05, 0.1) is 29.7 Å². The van der Waals surface area contributed by atoms with Gasteiger partial charge in [0, 0.05) is 17.8 Å². The molecule has 0 spiro atoms. The van der Waals surface area contributed by atoms with Gasteiger partial charge in [-0.3, -0.25) is 4.98 Å². The van der Waals surface area contributed by atoms with E-state index in [-0.39, 0.29) is 0 Å². The molecular weight excluding hydrogens is 246 g/mol. The Kier molecular flexibility index (Phi) is 4.66. The second-order valence-electron chi connectivity index (χ2n) is 3.97. The molecule has 18 heavy (non-hydrogen) atoms. The Morgan fingerprint density at radius 2 is 2.22 bits per heavy atom. The van der Waals surface area contributed by atoms with E-state index in [1.165, 1.54) is 4.88 Å². The molecule has 0 bridgehead atoms. The summed E-state index contributed by atoms with van der Waals surface area (Å²) in [5.74, 6) is 0.817. The van der Waals surface area contributed by atoms with Gasteiger partial charge in [-0.1, -0.05) is 0 Å². The highest BCUT2D eigenvalue weighted by Gasteiger charge is 2.02. The van der Waals surface area contributed by atoms with Crippen LogP contribution in [-0.4, -0.2) is 23.6 Å². The molecule has 2 rings (SSSR count). The minimum atomic E-state index is 0.663. The average Bonchev–Trinajstić information content (AvgIpc) is 2.78. The average molecular weight is 263 g/mol. The van der Waals surface area contributed by atoms with Crippen molar-refractivity contribution in [3.63, 3.8) is 0 Å². The van der Waals surface area contributed by atoms with E-state index in [1.54, 1.807) is 17.5 Å². The topological polar surface area (TPSA) is 47.0 Å². The van der Waals surface area contributed by atoms with E-state index in [0.29, 0.717) is 6.61 Å². The van der Waals surface area contributed by atoms with Crippen LogP contribution in [0.2, 0.25) is 0 Å². The van der Waals surface area contributed by atoms with Crippen LogP contribution in [0.5, 0.6) is 5.75 Å². The number of hydrogen-bond donors (Lipinski definition) is 1. The minimum Gasteiger partial charge on any atom is -0.492 e. The summed E-state index contributed by atoms with van der Waals surface area (Å²) in [6, 6.07) is 3.93. The Balaban J connectivity index is 1.81. The maximum atomic E-state index is 5.66. The molecule has 1 N–H and O–H groups in total. The number of hydrogen-bond acceptors (Lipinski definition) is 5. The van der Waals surface area contributed by atoms with E-state index >= 15 is 0 Å². The van der Waals surface area contributed by atoms with Crippen LogP contribution in [0.4, 0.5) is 0 Å². The summed E-state index contributed by atoms with van der Waals surface area (Å²) in [6.45, 7) is 3.47. The van der Waals surface area contributed by atoms with Crippen molar-refractivity contribution >= 4 is 11.3 Å². The van der Waals surface area contributed by atoms with E-state index in [2.05, 4.69) is 15.3 Å². The molecule has 0 aliphatic heterocycles. The molecule has 0 fully saturated rings. The summed E-state index contributed by atoms with van der Waals surface area (Å²) in [5, 5.41) is 3.06. The molecule has 96 valence electrons. The fourth-order valence-corrected chi connectivity index (χ4v) is 2.37. The standard InChI is InChI=1S/C13H17N3OS/c1-10-13(18-9-16-10)5-6-17-12-4-3-11(7-14-2)15-8-12/h3-4,8-9,14H,5-7H2,1-2H3. The lowest BCUT2D eigenvalue weighted by Crippen LogP contribution is -2.07. The molecular formula is C13H17N3OS. The highest BCUT2D eigenvalue weighted by molar-refractivity contribution is 7.09. The van der Waals surface area contributed by atoms with Crippen molar-refractivity contribution in [2.45, 2.75) is 19.9 Å². The van der Waals surface area contributed by atoms with Gasteiger partial charge in [0.25, 0.3) is 0 Å². The lowest BCUT2D eigenvalue weighted by Gasteiger charge is -2.06. The van der Waals surface area contributed by atoms with Crippen LogP contribution in [0.3, 0.4) is 0 Å². The number of aryl methyl sites for hydroxylation is 1. The molecule has 0 radical (unpaired) electrons. The van der Waals surface area contributed by atoms with Crippen LogP contribution in [0.1, 0.15) is 16.3 Å². The lowest BCUT2D eigenvalue weighted by atomic mass is 10.3. The first-order valence-corrected chi connectivity index (χ1v) is 6.79. The van der Waals surface area contributed by atoms with Crippen molar-refractivity contribution in [3.8, 4) is 5.75 Å². The zero-order valence-electron chi connectivity index (χ0n) is 10.6. The van der Waals surface area contributed by atoms with Crippen LogP contribution >= 0.6 is 11.3 Å². The summed E-state index contributed by atoms with van der Waals surface area (Å²) < 4.78 is 5.66. The van der Waals surface area contributed by atoms with Gasteiger partial charge < -0.3 is 10.1 Å². The monoisotopic (exact) mass is 263 g/mol. The maximum absolute atomic E-state index is 5.66. The van der Waals surface area contributed by atoms with Crippen molar-refractivity contribution in [3.05, 3.63) is 40.1 Å². The number of nitrogens with zero attached hydrogens (tertiary/aromatic N) is 2. The van der Waals surface area contributed by atoms with Gasteiger partial charge in [0.1, 0.15) is 5.75 Å². The zero-order valence-corrected chi connectivity index (χ0v) is 11.5. The zero-order chi connectivity index (χ0) is 12.8. The Labute approximate surface area is 111 Å².